The summed E-state index contributed by atoms with van der Waals surface area (Å²) in [5, 5.41) is 3.29. The Hall–Kier alpha value is -0.130. The van der Waals surface area contributed by atoms with Crippen LogP contribution >= 0.6 is 0 Å². The molecule has 0 saturated heterocycles. The number of rotatable bonds is 10. The van der Waals surface area contributed by atoms with Crippen molar-refractivity contribution in [1.29, 1.82) is 0 Å². The fraction of sp³-hybridized carbons (Fsp3) is 1.00. The van der Waals surface area contributed by atoms with Crippen molar-refractivity contribution in [3.63, 3.8) is 0 Å². The van der Waals surface area contributed by atoms with E-state index in [4.69, 9.17) is 0 Å². The lowest BCUT2D eigenvalue weighted by atomic mass is 9.83. The van der Waals surface area contributed by atoms with Crippen LogP contribution in [0.25, 0.3) is 0 Å². The summed E-state index contributed by atoms with van der Waals surface area (Å²) in [6, 6.07) is 0. The standard InChI is InChI=1S/C15H32N2O2S/c1-3-10-16-11-4-5-12-20(18,19)17-13-15-8-6-14(2)7-9-15/h14-17H,3-13H2,1-2H3. The summed E-state index contributed by atoms with van der Waals surface area (Å²) in [6.07, 6.45) is 7.63. The molecule has 0 aromatic carbocycles. The molecule has 120 valence electrons. The van der Waals surface area contributed by atoms with Gasteiger partial charge in [0, 0.05) is 6.54 Å². The lowest BCUT2D eigenvalue weighted by Gasteiger charge is -2.26. The topological polar surface area (TPSA) is 58.2 Å². The highest BCUT2D eigenvalue weighted by molar-refractivity contribution is 7.89. The van der Waals surface area contributed by atoms with E-state index in [1.54, 1.807) is 0 Å². The average Bonchev–Trinajstić information content (AvgIpc) is 2.42. The minimum atomic E-state index is -3.07. The van der Waals surface area contributed by atoms with Crippen LogP contribution in [0.5, 0.6) is 0 Å². The molecule has 0 aromatic rings. The third-order valence-corrected chi connectivity index (χ3v) is 5.60. The number of sulfonamides is 1. The van der Waals surface area contributed by atoms with Gasteiger partial charge in [-0.1, -0.05) is 26.7 Å². The molecule has 4 nitrogen and oxygen atoms in total. The molecule has 2 N–H and O–H groups in total. The van der Waals surface area contributed by atoms with Gasteiger partial charge in [-0.2, -0.15) is 0 Å². The van der Waals surface area contributed by atoms with Crippen molar-refractivity contribution in [2.75, 3.05) is 25.4 Å². The molecule has 1 fully saturated rings. The van der Waals surface area contributed by atoms with Crippen LogP contribution in [0.15, 0.2) is 0 Å². The first-order chi connectivity index (χ1) is 9.53. The first-order valence-corrected chi connectivity index (χ1v) is 9.86. The SMILES string of the molecule is CCCNCCCCS(=O)(=O)NCC1CCC(C)CC1. The van der Waals surface area contributed by atoms with E-state index in [9.17, 15) is 8.42 Å². The van der Waals surface area contributed by atoms with Gasteiger partial charge in [-0.15, -0.1) is 0 Å². The molecule has 0 aromatic heterocycles. The molecule has 0 radical (unpaired) electrons. The summed E-state index contributed by atoms with van der Waals surface area (Å²) < 4.78 is 26.6. The fourth-order valence-corrected chi connectivity index (χ4v) is 3.91. The molecule has 1 rings (SSSR count). The molecular formula is C15H32N2O2S. The van der Waals surface area contributed by atoms with Crippen LogP contribution in [0.2, 0.25) is 0 Å². The first kappa shape index (κ1) is 17.9. The van der Waals surface area contributed by atoms with Gasteiger partial charge in [0.1, 0.15) is 0 Å². The normalized spacial score (nSPS) is 23.9. The van der Waals surface area contributed by atoms with Crippen LogP contribution in [-0.2, 0) is 10.0 Å². The molecular weight excluding hydrogens is 272 g/mol. The van der Waals surface area contributed by atoms with Gasteiger partial charge in [-0.3, -0.25) is 0 Å². The molecule has 5 heteroatoms. The Bertz CT molecular complexity index is 336. The van der Waals surface area contributed by atoms with E-state index >= 15 is 0 Å². The molecule has 0 spiro atoms. The maximum absolute atomic E-state index is 11.9. The van der Waals surface area contributed by atoms with Crippen LogP contribution in [0.3, 0.4) is 0 Å². The summed E-state index contributed by atoms with van der Waals surface area (Å²) in [5.41, 5.74) is 0. The maximum atomic E-state index is 11.9. The van der Waals surface area contributed by atoms with E-state index < -0.39 is 10.0 Å². The quantitative estimate of drug-likeness (QED) is 0.610. The lowest BCUT2D eigenvalue weighted by Crippen LogP contribution is -2.33. The van der Waals surface area contributed by atoms with Gasteiger partial charge >= 0.3 is 0 Å². The minimum Gasteiger partial charge on any atom is -0.317 e. The zero-order chi connectivity index (χ0) is 14.8. The summed E-state index contributed by atoms with van der Waals surface area (Å²) in [7, 11) is -3.07. The molecule has 0 aliphatic heterocycles. The molecule has 1 aliphatic rings. The second-order valence-corrected chi connectivity index (χ2v) is 8.18. The van der Waals surface area contributed by atoms with Crippen LogP contribution in [0.4, 0.5) is 0 Å². The smallest absolute Gasteiger partial charge is 0.211 e. The van der Waals surface area contributed by atoms with Crippen molar-refractivity contribution in [3.8, 4) is 0 Å². The molecule has 0 heterocycles. The van der Waals surface area contributed by atoms with E-state index in [0.29, 0.717) is 12.5 Å². The van der Waals surface area contributed by atoms with Gasteiger partial charge in [-0.05, 0) is 57.0 Å². The lowest BCUT2D eigenvalue weighted by molar-refractivity contribution is 0.290. The number of hydrogen-bond donors (Lipinski definition) is 2. The van der Waals surface area contributed by atoms with E-state index in [1.807, 2.05) is 0 Å². The predicted octanol–water partition coefficient (Wildman–Crippen LogP) is 2.51. The van der Waals surface area contributed by atoms with E-state index in [2.05, 4.69) is 23.9 Å². The predicted molar refractivity (Wildman–Crippen MR) is 85.3 cm³/mol. The zero-order valence-corrected chi connectivity index (χ0v) is 14.0. The van der Waals surface area contributed by atoms with Gasteiger partial charge in [0.15, 0.2) is 0 Å². The van der Waals surface area contributed by atoms with Gasteiger partial charge in [-0.25, -0.2) is 13.1 Å². The van der Waals surface area contributed by atoms with Gasteiger partial charge in [0.2, 0.25) is 10.0 Å². The minimum absolute atomic E-state index is 0.268. The summed E-state index contributed by atoms with van der Waals surface area (Å²) in [4.78, 5) is 0. The Labute approximate surface area is 125 Å². The highest BCUT2D eigenvalue weighted by atomic mass is 32.2. The van der Waals surface area contributed by atoms with Crippen molar-refractivity contribution in [2.45, 2.75) is 58.8 Å². The van der Waals surface area contributed by atoms with Crippen molar-refractivity contribution < 1.29 is 8.42 Å². The van der Waals surface area contributed by atoms with Crippen LogP contribution in [-0.4, -0.2) is 33.8 Å². The number of hydrogen-bond acceptors (Lipinski definition) is 3. The average molecular weight is 305 g/mol. The molecule has 0 bridgehead atoms. The molecule has 0 atom stereocenters. The number of unbranched alkanes of at least 4 members (excludes halogenated alkanes) is 1. The Morgan fingerprint density at radius 1 is 1.05 bits per heavy atom. The molecule has 20 heavy (non-hydrogen) atoms. The van der Waals surface area contributed by atoms with E-state index in [1.165, 1.54) is 25.7 Å². The van der Waals surface area contributed by atoms with E-state index in [-0.39, 0.29) is 5.75 Å². The second-order valence-electron chi connectivity index (χ2n) is 6.25. The van der Waals surface area contributed by atoms with Crippen molar-refractivity contribution in [2.24, 2.45) is 11.8 Å². The van der Waals surface area contributed by atoms with Crippen molar-refractivity contribution >= 4 is 10.0 Å². The van der Waals surface area contributed by atoms with Crippen molar-refractivity contribution in [3.05, 3.63) is 0 Å². The monoisotopic (exact) mass is 304 g/mol. The number of nitrogens with one attached hydrogen (secondary N) is 2. The fourth-order valence-electron chi connectivity index (χ4n) is 2.69. The Balaban J connectivity index is 2.08. The molecule has 1 saturated carbocycles. The second kappa shape index (κ2) is 9.74. The summed E-state index contributed by atoms with van der Waals surface area (Å²) in [6.45, 7) is 7.00. The maximum Gasteiger partial charge on any atom is 0.211 e. The van der Waals surface area contributed by atoms with Crippen LogP contribution in [0.1, 0.15) is 58.8 Å². The zero-order valence-electron chi connectivity index (χ0n) is 13.2. The van der Waals surface area contributed by atoms with Gasteiger partial charge in [0.05, 0.1) is 5.75 Å². The third-order valence-electron chi connectivity index (χ3n) is 4.17. The Morgan fingerprint density at radius 2 is 1.75 bits per heavy atom. The summed E-state index contributed by atoms with van der Waals surface area (Å²) in [5.74, 6) is 1.63. The third kappa shape index (κ3) is 8.22. The van der Waals surface area contributed by atoms with Crippen molar-refractivity contribution in [1.82, 2.24) is 10.0 Å². The molecule has 0 unspecified atom stereocenters. The summed E-state index contributed by atoms with van der Waals surface area (Å²) >= 11 is 0. The highest BCUT2D eigenvalue weighted by Gasteiger charge is 2.20. The Morgan fingerprint density at radius 3 is 2.40 bits per heavy atom. The van der Waals surface area contributed by atoms with E-state index in [0.717, 1.165) is 38.3 Å². The van der Waals surface area contributed by atoms with Crippen LogP contribution in [0, 0.1) is 11.8 Å². The molecule has 0 amide bonds. The molecule has 1 aliphatic carbocycles. The largest absolute Gasteiger partial charge is 0.317 e. The Kier molecular flexibility index (Phi) is 8.73. The van der Waals surface area contributed by atoms with Gasteiger partial charge < -0.3 is 5.32 Å². The highest BCUT2D eigenvalue weighted by Crippen LogP contribution is 2.27. The van der Waals surface area contributed by atoms with Gasteiger partial charge in [0.25, 0.3) is 0 Å². The first-order valence-electron chi connectivity index (χ1n) is 8.21. The van der Waals surface area contributed by atoms with Crippen LogP contribution < -0.4 is 10.0 Å².